The van der Waals surface area contributed by atoms with E-state index in [0.717, 1.165) is 5.75 Å². The molecule has 84 valence electrons. The molecule has 0 unspecified atom stereocenters. The first-order valence-corrected chi connectivity index (χ1v) is 6.30. The summed E-state index contributed by atoms with van der Waals surface area (Å²) in [4.78, 5) is 16.1. The van der Waals surface area contributed by atoms with Crippen molar-refractivity contribution in [3.8, 4) is 0 Å². The third kappa shape index (κ3) is 9.86. The van der Waals surface area contributed by atoms with Crippen LogP contribution in [0.1, 0.15) is 33.6 Å². The Balaban J connectivity index is 3.20. The largest absolute Gasteiger partial charge is 0.273 e. The number of amides is 1. The summed E-state index contributed by atoms with van der Waals surface area (Å²) in [7, 11) is 0. The lowest BCUT2D eigenvalue weighted by molar-refractivity contribution is -0.131. The van der Waals surface area contributed by atoms with Gasteiger partial charge in [0.05, 0.1) is 12.4 Å². The summed E-state index contributed by atoms with van der Waals surface area (Å²) in [6.07, 6.45) is 2.35. The fourth-order valence-electron chi connectivity index (χ4n) is 0.730. The number of hydrogen-bond donors (Lipinski definition) is 1. The topological polar surface area (TPSA) is 38.3 Å². The van der Waals surface area contributed by atoms with Gasteiger partial charge in [-0.15, -0.1) is 0 Å². The monoisotopic (exact) mass is 219 g/mol. The molecule has 0 aliphatic heterocycles. The molecular weight excluding hydrogens is 198 g/mol. The van der Waals surface area contributed by atoms with E-state index in [9.17, 15) is 4.79 Å². The van der Waals surface area contributed by atoms with Crippen LogP contribution < -0.4 is 5.48 Å². The van der Waals surface area contributed by atoms with Crippen molar-refractivity contribution in [2.75, 3.05) is 18.1 Å². The highest BCUT2D eigenvalue weighted by atomic mass is 32.2. The van der Waals surface area contributed by atoms with Gasteiger partial charge in [-0.25, -0.2) is 5.48 Å². The Hall–Kier alpha value is -0.220. The van der Waals surface area contributed by atoms with Crippen molar-refractivity contribution < 1.29 is 9.63 Å². The third-order valence-electron chi connectivity index (χ3n) is 1.48. The van der Waals surface area contributed by atoms with Gasteiger partial charge in [0.15, 0.2) is 0 Å². The number of nitrogens with one attached hydrogen (secondary N) is 1. The third-order valence-corrected chi connectivity index (χ3v) is 2.52. The molecule has 1 N–H and O–H groups in total. The molecule has 0 fully saturated rings. The lowest BCUT2D eigenvalue weighted by atomic mass is 10.2. The molecule has 0 radical (unpaired) electrons. The Labute approximate surface area is 90.9 Å². The summed E-state index contributed by atoms with van der Waals surface area (Å²) < 4.78 is 0. The molecule has 1 amide bonds. The van der Waals surface area contributed by atoms with E-state index in [0.29, 0.717) is 18.3 Å². The highest BCUT2D eigenvalue weighted by molar-refractivity contribution is 7.99. The van der Waals surface area contributed by atoms with E-state index in [4.69, 9.17) is 4.84 Å². The van der Waals surface area contributed by atoms with Crippen LogP contribution in [0.25, 0.3) is 0 Å². The van der Waals surface area contributed by atoms with Crippen LogP contribution >= 0.6 is 11.8 Å². The van der Waals surface area contributed by atoms with Crippen molar-refractivity contribution in [3.05, 3.63) is 0 Å². The maximum absolute atomic E-state index is 11.1. The molecule has 3 nitrogen and oxygen atoms in total. The summed E-state index contributed by atoms with van der Waals surface area (Å²) in [5, 5.41) is 0. The minimum Gasteiger partial charge on any atom is -0.273 e. The predicted octanol–water partition coefficient (Wildman–Crippen LogP) is 2.22. The van der Waals surface area contributed by atoms with Crippen LogP contribution in [0, 0.1) is 5.92 Å². The first-order valence-electron chi connectivity index (χ1n) is 5.15. The fraction of sp³-hybridized carbons (Fsp3) is 0.900. The number of carbonyl (C=O) groups excluding carboxylic acids is 1. The van der Waals surface area contributed by atoms with Crippen LogP contribution in [0.2, 0.25) is 0 Å². The second kappa shape index (κ2) is 9.34. The number of unbranched alkanes of at least 4 members (excludes halogenated alkanes) is 1. The molecule has 0 aromatic heterocycles. The summed E-state index contributed by atoms with van der Waals surface area (Å²) in [5.74, 6) is 1.96. The number of thioether (sulfide) groups is 1. The van der Waals surface area contributed by atoms with E-state index in [1.165, 1.54) is 12.8 Å². The van der Waals surface area contributed by atoms with Gasteiger partial charge in [0, 0.05) is 0 Å². The Kier molecular flexibility index (Phi) is 9.19. The van der Waals surface area contributed by atoms with Crippen LogP contribution in [0.3, 0.4) is 0 Å². The normalized spacial score (nSPS) is 10.6. The van der Waals surface area contributed by atoms with E-state index in [1.807, 2.05) is 13.8 Å². The van der Waals surface area contributed by atoms with Crippen molar-refractivity contribution in [3.63, 3.8) is 0 Å². The molecular formula is C10H21NO2S. The molecule has 0 aliphatic carbocycles. The molecule has 0 saturated carbocycles. The summed E-state index contributed by atoms with van der Waals surface area (Å²) >= 11 is 1.65. The fourth-order valence-corrected chi connectivity index (χ4v) is 1.61. The minimum absolute atomic E-state index is 0.0354. The van der Waals surface area contributed by atoms with Gasteiger partial charge < -0.3 is 0 Å². The molecule has 4 heteroatoms. The number of rotatable bonds is 8. The zero-order chi connectivity index (χ0) is 10.8. The van der Waals surface area contributed by atoms with Gasteiger partial charge in [-0.2, -0.15) is 11.8 Å². The maximum atomic E-state index is 11.1. The first kappa shape index (κ1) is 13.8. The van der Waals surface area contributed by atoms with Crippen molar-refractivity contribution in [2.45, 2.75) is 33.6 Å². The van der Waals surface area contributed by atoms with E-state index >= 15 is 0 Å². The van der Waals surface area contributed by atoms with Crippen molar-refractivity contribution in [1.29, 1.82) is 0 Å². The van der Waals surface area contributed by atoms with Gasteiger partial charge in [-0.05, 0) is 18.1 Å². The van der Waals surface area contributed by atoms with Gasteiger partial charge in [-0.3, -0.25) is 9.63 Å². The van der Waals surface area contributed by atoms with Gasteiger partial charge in [-0.1, -0.05) is 27.2 Å². The van der Waals surface area contributed by atoms with Crippen molar-refractivity contribution >= 4 is 17.7 Å². The molecule has 0 aromatic rings. The van der Waals surface area contributed by atoms with E-state index < -0.39 is 0 Å². The number of hydroxylamine groups is 1. The standard InChI is InChI=1S/C10H21NO2S/c1-4-5-6-14-8-10(12)11-13-7-9(2)3/h9H,4-8H2,1-3H3,(H,11,12). The van der Waals surface area contributed by atoms with E-state index in [-0.39, 0.29) is 5.91 Å². The van der Waals surface area contributed by atoms with Crippen LogP contribution in [0.5, 0.6) is 0 Å². The van der Waals surface area contributed by atoms with Crippen molar-refractivity contribution in [1.82, 2.24) is 5.48 Å². The average Bonchev–Trinajstić information content (AvgIpc) is 2.12. The minimum atomic E-state index is -0.0354. The van der Waals surface area contributed by atoms with Crippen LogP contribution in [-0.4, -0.2) is 24.0 Å². The van der Waals surface area contributed by atoms with E-state index in [1.54, 1.807) is 11.8 Å². The molecule has 0 saturated heterocycles. The zero-order valence-electron chi connectivity index (χ0n) is 9.34. The van der Waals surface area contributed by atoms with Crippen LogP contribution in [-0.2, 0) is 9.63 Å². The molecule has 0 heterocycles. The second-order valence-electron chi connectivity index (χ2n) is 3.64. The molecule has 0 atom stereocenters. The highest BCUT2D eigenvalue weighted by Gasteiger charge is 2.01. The number of carbonyl (C=O) groups is 1. The molecule has 0 rings (SSSR count). The summed E-state index contributed by atoms with van der Waals surface area (Å²) in [6, 6.07) is 0. The van der Waals surface area contributed by atoms with Gasteiger partial charge >= 0.3 is 0 Å². The van der Waals surface area contributed by atoms with Gasteiger partial charge in [0.2, 0.25) is 0 Å². The summed E-state index contributed by atoms with van der Waals surface area (Å²) in [6.45, 7) is 6.81. The Morgan fingerprint density at radius 1 is 1.50 bits per heavy atom. The lowest BCUT2D eigenvalue weighted by Crippen LogP contribution is -2.27. The van der Waals surface area contributed by atoms with Crippen molar-refractivity contribution in [2.24, 2.45) is 5.92 Å². The molecule has 0 spiro atoms. The summed E-state index contributed by atoms with van der Waals surface area (Å²) in [5.41, 5.74) is 2.43. The molecule has 0 bridgehead atoms. The smallest absolute Gasteiger partial charge is 0.253 e. The average molecular weight is 219 g/mol. The van der Waals surface area contributed by atoms with E-state index in [2.05, 4.69) is 12.4 Å². The Bertz CT molecular complexity index is 151. The Morgan fingerprint density at radius 2 is 2.21 bits per heavy atom. The SMILES string of the molecule is CCCCSCC(=O)NOCC(C)C. The maximum Gasteiger partial charge on any atom is 0.253 e. The predicted molar refractivity (Wildman–Crippen MR) is 61.2 cm³/mol. The molecule has 0 aliphatic rings. The zero-order valence-corrected chi connectivity index (χ0v) is 10.2. The second-order valence-corrected chi connectivity index (χ2v) is 4.74. The molecule has 0 aromatic carbocycles. The van der Waals surface area contributed by atoms with Gasteiger partial charge in [0.1, 0.15) is 0 Å². The Morgan fingerprint density at radius 3 is 2.79 bits per heavy atom. The number of hydrogen-bond acceptors (Lipinski definition) is 3. The van der Waals surface area contributed by atoms with Gasteiger partial charge in [0.25, 0.3) is 5.91 Å². The quantitative estimate of drug-likeness (QED) is 0.502. The highest BCUT2D eigenvalue weighted by Crippen LogP contribution is 2.03. The van der Waals surface area contributed by atoms with Crippen LogP contribution in [0.4, 0.5) is 0 Å². The first-order chi connectivity index (χ1) is 6.66. The van der Waals surface area contributed by atoms with Crippen LogP contribution in [0.15, 0.2) is 0 Å². The lowest BCUT2D eigenvalue weighted by Gasteiger charge is -2.07. The molecule has 14 heavy (non-hydrogen) atoms.